The highest BCUT2D eigenvalue weighted by Gasteiger charge is 2.28. The van der Waals surface area contributed by atoms with Crippen molar-refractivity contribution < 1.29 is 4.79 Å². The molecule has 3 heteroatoms. The molecule has 1 saturated carbocycles. The van der Waals surface area contributed by atoms with Crippen molar-refractivity contribution in [3.63, 3.8) is 0 Å². The summed E-state index contributed by atoms with van der Waals surface area (Å²) in [6.45, 7) is 6.35. The lowest BCUT2D eigenvalue weighted by Crippen LogP contribution is -2.47. The van der Waals surface area contributed by atoms with Crippen molar-refractivity contribution in [1.29, 1.82) is 0 Å². The van der Waals surface area contributed by atoms with Crippen molar-refractivity contribution in [3.8, 4) is 0 Å². The van der Waals surface area contributed by atoms with Gasteiger partial charge >= 0.3 is 0 Å². The van der Waals surface area contributed by atoms with Gasteiger partial charge in [0.25, 0.3) is 0 Å². The number of carbonyl (C=O) groups excluding carboxylic acids is 1. The summed E-state index contributed by atoms with van der Waals surface area (Å²) < 4.78 is 0. The summed E-state index contributed by atoms with van der Waals surface area (Å²) in [5.74, 6) is 0.418. The molecular formula is C13H26N2O. The van der Waals surface area contributed by atoms with Gasteiger partial charge in [0.2, 0.25) is 5.91 Å². The Labute approximate surface area is 99.2 Å². The normalized spacial score (nSPS) is 26.5. The standard InChI is InChI=1S/C13H26N2O/c1-4-9-13(2,3)15-12(16)10-5-7-11(14)8-6-10/h10-11H,4-9,14H2,1-3H3,(H,15,16). The predicted molar refractivity (Wildman–Crippen MR) is 67.1 cm³/mol. The van der Waals surface area contributed by atoms with Crippen LogP contribution in [0.4, 0.5) is 0 Å². The summed E-state index contributed by atoms with van der Waals surface area (Å²) >= 11 is 0. The van der Waals surface area contributed by atoms with Crippen LogP contribution in [0.1, 0.15) is 59.3 Å². The maximum Gasteiger partial charge on any atom is 0.223 e. The molecule has 0 radical (unpaired) electrons. The van der Waals surface area contributed by atoms with Crippen molar-refractivity contribution in [2.24, 2.45) is 11.7 Å². The molecule has 1 aliphatic rings. The van der Waals surface area contributed by atoms with Gasteiger partial charge in [0.05, 0.1) is 0 Å². The highest BCUT2D eigenvalue weighted by Crippen LogP contribution is 2.24. The van der Waals surface area contributed by atoms with Gasteiger partial charge in [0.15, 0.2) is 0 Å². The van der Waals surface area contributed by atoms with Gasteiger partial charge in [-0.15, -0.1) is 0 Å². The lowest BCUT2D eigenvalue weighted by atomic mass is 9.85. The molecule has 1 fully saturated rings. The highest BCUT2D eigenvalue weighted by molar-refractivity contribution is 5.79. The Balaban J connectivity index is 2.40. The van der Waals surface area contributed by atoms with Gasteiger partial charge in [0.1, 0.15) is 0 Å². The van der Waals surface area contributed by atoms with E-state index in [1.807, 2.05) is 0 Å². The monoisotopic (exact) mass is 226 g/mol. The van der Waals surface area contributed by atoms with Crippen LogP contribution in [0.5, 0.6) is 0 Å². The topological polar surface area (TPSA) is 55.1 Å². The lowest BCUT2D eigenvalue weighted by molar-refractivity contribution is -0.127. The molecule has 0 aromatic heterocycles. The molecule has 0 spiro atoms. The lowest BCUT2D eigenvalue weighted by Gasteiger charge is -2.31. The summed E-state index contributed by atoms with van der Waals surface area (Å²) in [5.41, 5.74) is 5.78. The van der Waals surface area contributed by atoms with Crippen LogP contribution >= 0.6 is 0 Å². The summed E-state index contributed by atoms with van der Waals surface area (Å²) in [6, 6.07) is 0.313. The summed E-state index contributed by atoms with van der Waals surface area (Å²) in [5, 5.41) is 3.16. The third-order valence-corrected chi connectivity index (χ3v) is 3.48. The first-order valence-electron chi connectivity index (χ1n) is 6.52. The van der Waals surface area contributed by atoms with E-state index in [0.29, 0.717) is 6.04 Å². The minimum absolute atomic E-state index is 0.0641. The van der Waals surface area contributed by atoms with E-state index in [2.05, 4.69) is 26.1 Å². The van der Waals surface area contributed by atoms with Crippen LogP contribution < -0.4 is 11.1 Å². The number of hydrogen-bond donors (Lipinski definition) is 2. The van der Waals surface area contributed by atoms with Crippen molar-refractivity contribution in [3.05, 3.63) is 0 Å². The highest BCUT2D eigenvalue weighted by atomic mass is 16.2. The average Bonchev–Trinajstić information content (AvgIpc) is 2.17. The molecule has 0 unspecified atom stereocenters. The Bertz CT molecular complexity index is 230. The van der Waals surface area contributed by atoms with Gasteiger partial charge in [-0.3, -0.25) is 4.79 Å². The van der Waals surface area contributed by atoms with Gasteiger partial charge < -0.3 is 11.1 Å². The molecule has 1 aliphatic carbocycles. The molecule has 0 aromatic carbocycles. The molecular weight excluding hydrogens is 200 g/mol. The molecule has 0 heterocycles. The molecule has 16 heavy (non-hydrogen) atoms. The van der Waals surface area contributed by atoms with Gasteiger partial charge in [-0.2, -0.15) is 0 Å². The van der Waals surface area contributed by atoms with Crippen LogP contribution in [0, 0.1) is 5.92 Å². The van der Waals surface area contributed by atoms with E-state index >= 15 is 0 Å². The smallest absolute Gasteiger partial charge is 0.223 e. The van der Waals surface area contributed by atoms with Crippen LogP contribution in [-0.4, -0.2) is 17.5 Å². The SMILES string of the molecule is CCCC(C)(C)NC(=O)C1CCC(N)CC1. The number of nitrogens with two attached hydrogens (primary N) is 1. The van der Waals surface area contributed by atoms with Crippen LogP contribution in [0.3, 0.4) is 0 Å². The van der Waals surface area contributed by atoms with Crippen molar-refractivity contribution in [2.75, 3.05) is 0 Å². The Morgan fingerprint density at radius 3 is 2.38 bits per heavy atom. The fourth-order valence-electron chi connectivity index (χ4n) is 2.50. The summed E-state index contributed by atoms with van der Waals surface area (Å²) in [4.78, 5) is 12.0. The second-order valence-corrected chi connectivity index (χ2v) is 5.73. The summed E-state index contributed by atoms with van der Waals surface area (Å²) in [6.07, 6.45) is 6.02. The Kier molecular flexibility index (Phi) is 4.78. The largest absolute Gasteiger partial charge is 0.351 e. The van der Waals surface area contributed by atoms with Crippen LogP contribution in [0.25, 0.3) is 0 Å². The molecule has 3 N–H and O–H groups in total. The van der Waals surface area contributed by atoms with E-state index in [0.717, 1.165) is 38.5 Å². The molecule has 0 saturated heterocycles. The third kappa shape index (κ3) is 4.12. The zero-order valence-electron chi connectivity index (χ0n) is 10.9. The zero-order valence-corrected chi connectivity index (χ0v) is 10.9. The van der Waals surface area contributed by atoms with Crippen LogP contribution in [0.2, 0.25) is 0 Å². The van der Waals surface area contributed by atoms with Crippen LogP contribution in [0.15, 0.2) is 0 Å². The number of carbonyl (C=O) groups is 1. The van der Waals surface area contributed by atoms with E-state index in [9.17, 15) is 4.79 Å². The molecule has 94 valence electrons. The summed E-state index contributed by atoms with van der Waals surface area (Å²) in [7, 11) is 0. The van der Waals surface area contributed by atoms with Crippen molar-refractivity contribution in [2.45, 2.75) is 70.9 Å². The number of nitrogens with one attached hydrogen (secondary N) is 1. The first kappa shape index (κ1) is 13.5. The number of hydrogen-bond acceptors (Lipinski definition) is 2. The van der Waals surface area contributed by atoms with E-state index < -0.39 is 0 Å². The fraction of sp³-hybridized carbons (Fsp3) is 0.923. The van der Waals surface area contributed by atoms with Gasteiger partial charge in [-0.05, 0) is 46.0 Å². The van der Waals surface area contributed by atoms with E-state index in [1.165, 1.54) is 0 Å². The van der Waals surface area contributed by atoms with Gasteiger partial charge in [-0.25, -0.2) is 0 Å². The zero-order chi connectivity index (χ0) is 12.2. The molecule has 0 aliphatic heterocycles. The second-order valence-electron chi connectivity index (χ2n) is 5.73. The van der Waals surface area contributed by atoms with Crippen molar-refractivity contribution in [1.82, 2.24) is 5.32 Å². The average molecular weight is 226 g/mol. The maximum absolute atomic E-state index is 12.0. The van der Waals surface area contributed by atoms with E-state index in [4.69, 9.17) is 5.73 Å². The predicted octanol–water partition coefficient (Wildman–Crippen LogP) is 2.20. The second kappa shape index (κ2) is 5.67. The Morgan fingerprint density at radius 2 is 1.88 bits per heavy atom. The molecule has 0 aromatic rings. The maximum atomic E-state index is 12.0. The first-order valence-corrected chi connectivity index (χ1v) is 6.52. The minimum atomic E-state index is -0.0641. The van der Waals surface area contributed by atoms with E-state index in [1.54, 1.807) is 0 Å². The fourth-order valence-corrected chi connectivity index (χ4v) is 2.50. The van der Waals surface area contributed by atoms with Gasteiger partial charge in [-0.1, -0.05) is 13.3 Å². The number of amides is 1. The van der Waals surface area contributed by atoms with Gasteiger partial charge in [0, 0.05) is 17.5 Å². The number of rotatable bonds is 4. The molecule has 0 bridgehead atoms. The third-order valence-electron chi connectivity index (χ3n) is 3.48. The van der Waals surface area contributed by atoms with Crippen LogP contribution in [-0.2, 0) is 4.79 Å². The van der Waals surface area contributed by atoms with Crippen molar-refractivity contribution >= 4 is 5.91 Å². The molecule has 3 nitrogen and oxygen atoms in total. The molecule has 0 atom stereocenters. The Hall–Kier alpha value is -0.570. The van der Waals surface area contributed by atoms with E-state index in [-0.39, 0.29) is 17.4 Å². The minimum Gasteiger partial charge on any atom is -0.351 e. The quantitative estimate of drug-likeness (QED) is 0.772. The Morgan fingerprint density at radius 1 is 1.31 bits per heavy atom. The molecule has 1 amide bonds. The first-order chi connectivity index (χ1) is 7.44. The molecule has 1 rings (SSSR count).